The van der Waals surface area contributed by atoms with E-state index < -0.39 is 0 Å². The Hall–Kier alpha value is -4.72. The Kier molecular flexibility index (Phi) is 5.11. The van der Waals surface area contributed by atoms with Gasteiger partial charge in [0.15, 0.2) is 0 Å². The highest BCUT2D eigenvalue weighted by Crippen LogP contribution is 2.46. The number of hydrogen-bond acceptors (Lipinski definition) is 1. The second-order valence-corrected chi connectivity index (χ2v) is 11.1. The van der Waals surface area contributed by atoms with Gasteiger partial charge in [0.25, 0.3) is 0 Å². The molecule has 182 valence electrons. The van der Waals surface area contributed by atoms with Crippen molar-refractivity contribution in [3.05, 3.63) is 146 Å². The molecule has 0 N–H and O–H groups in total. The van der Waals surface area contributed by atoms with Crippen LogP contribution in [0.1, 0.15) is 0 Å². The summed E-state index contributed by atoms with van der Waals surface area (Å²) in [6.07, 6.45) is 0. The Balaban J connectivity index is 1.47. The second kappa shape index (κ2) is 8.94. The summed E-state index contributed by atoms with van der Waals surface area (Å²) in [6, 6.07) is 53.1. The predicted octanol–water partition coefficient (Wildman–Crippen LogP) is 11.4. The first-order valence-corrected chi connectivity index (χ1v) is 14.2. The summed E-state index contributed by atoms with van der Waals surface area (Å²) in [6.45, 7) is 0. The molecule has 0 aliphatic heterocycles. The van der Waals surface area contributed by atoms with E-state index >= 15 is 0 Å². The van der Waals surface area contributed by atoms with Crippen molar-refractivity contribution in [2.75, 3.05) is 0 Å². The molecule has 0 amide bonds. The summed E-state index contributed by atoms with van der Waals surface area (Å²) in [7, 11) is 0. The number of rotatable bonds is 3. The van der Waals surface area contributed by atoms with Crippen LogP contribution in [-0.2, 0) is 0 Å². The molecule has 0 saturated heterocycles. The fraction of sp³-hybridized carbons (Fsp3) is 0. The summed E-state index contributed by atoms with van der Waals surface area (Å²) < 4.78 is 2.66. The minimum absolute atomic E-state index is 1.25. The molecule has 1 heteroatoms. The molecule has 39 heavy (non-hydrogen) atoms. The Bertz CT molecular complexity index is 2090. The average Bonchev–Trinajstić information content (AvgIpc) is 3.39. The van der Waals surface area contributed by atoms with Crippen molar-refractivity contribution in [2.45, 2.75) is 0 Å². The maximum absolute atomic E-state index is 2.43. The Morgan fingerprint density at radius 2 is 0.872 bits per heavy atom. The highest BCUT2D eigenvalue weighted by atomic mass is 32.1. The highest BCUT2D eigenvalue weighted by Gasteiger charge is 2.18. The second-order valence-electron chi connectivity index (χ2n) is 10.1. The fourth-order valence-electron chi connectivity index (χ4n) is 6.20. The van der Waals surface area contributed by atoms with Crippen molar-refractivity contribution in [1.82, 2.24) is 0 Å². The minimum Gasteiger partial charge on any atom is -0.135 e. The van der Waals surface area contributed by atoms with Crippen LogP contribution in [0.15, 0.2) is 146 Å². The van der Waals surface area contributed by atoms with Gasteiger partial charge in [-0.25, -0.2) is 0 Å². The third-order valence-electron chi connectivity index (χ3n) is 7.86. The molecule has 8 rings (SSSR count). The van der Waals surface area contributed by atoms with Crippen LogP contribution in [0.5, 0.6) is 0 Å². The van der Waals surface area contributed by atoms with Crippen LogP contribution in [0.4, 0.5) is 0 Å². The first-order chi connectivity index (χ1) is 19.4. The van der Waals surface area contributed by atoms with Gasteiger partial charge in [-0.2, -0.15) is 0 Å². The van der Waals surface area contributed by atoms with Gasteiger partial charge in [0.05, 0.1) is 0 Å². The lowest BCUT2D eigenvalue weighted by molar-refractivity contribution is 1.66. The van der Waals surface area contributed by atoms with E-state index in [1.807, 2.05) is 11.3 Å². The van der Waals surface area contributed by atoms with Crippen molar-refractivity contribution >= 4 is 53.1 Å². The number of hydrogen-bond donors (Lipinski definition) is 0. The molecule has 0 saturated carbocycles. The first-order valence-electron chi connectivity index (χ1n) is 13.4. The summed E-state index contributed by atoms with van der Waals surface area (Å²) in [4.78, 5) is 0. The van der Waals surface area contributed by atoms with Gasteiger partial charge in [0.2, 0.25) is 0 Å². The largest absolute Gasteiger partial charge is 0.135 e. The Morgan fingerprint density at radius 1 is 0.333 bits per heavy atom. The zero-order chi connectivity index (χ0) is 25.8. The first kappa shape index (κ1) is 22.3. The smallest absolute Gasteiger partial charge is 0.0361 e. The van der Waals surface area contributed by atoms with Crippen molar-refractivity contribution < 1.29 is 0 Å². The maximum Gasteiger partial charge on any atom is 0.0361 e. The molecule has 0 bridgehead atoms. The van der Waals surface area contributed by atoms with Crippen LogP contribution in [0.25, 0.3) is 75.1 Å². The van der Waals surface area contributed by atoms with Crippen LogP contribution in [0.3, 0.4) is 0 Å². The van der Waals surface area contributed by atoms with E-state index in [2.05, 4.69) is 146 Å². The summed E-state index contributed by atoms with van der Waals surface area (Å²) >= 11 is 1.88. The molecule has 1 aromatic heterocycles. The molecule has 0 unspecified atom stereocenters. The van der Waals surface area contributed by atoms with Crippen molar-refractivity contribution in [1.29, 1.82) is 0 Å². The Labute approximate surface area is 231 Å². The van der Waals surface area contributed by atoms with E-state index in [0.29, 0.717) is 0 Å². The lowest BCUT2D eigenvalue weighted by Gasteiger charge is -2.17. The van der Waals surface area contributed by atoms with Crippen LogP contribution in [-0.4, -0.2) is 0 Å². The van der Waals surface area contributed by atoms with Crippen LogP contribution in [0.2, 0.25) is 0 Å². The standard InChI is InChI=1S/C38H24S/c1-3-12-25(13-4-1)28-20-11-21-35-38(28)33-24-27(22-23-34(33)39-35)37-31-18-9-7-16-29(31)36(26-14-5-2-6-15-26)30-17-8-10-19-32(30)37/h1-24H. The number of benzene rings is 7. The molecule has 0 nitrogen and oxygen atoms in total. The van der Waals surface area contributed by atoms with E-state index in [9.17, 15) is 0 Å². The average molecular weight is 513 g/mol. The monoisotopic (exact) mass is 512 g/mol. The van der Waals surface area contributed by atoms with Gasteiger partial charge >= 0.3 is 0 Å². The van der Waals surface area contributed by atoms with Gasteiger partial charge in [-0.15, -0.1) is 11.3 Å². The van der Waals surface area contributed by atoms with E-state index in [-0.39, 0.29) is 0 Å². The molecule has 0 aliphatic rings. The third-order valence-corrected chi connectivity index (χ3v) is 9.00. The summed E-state index contributed by atoms with van der Waals surface area (Å²) in [5.41, 5.74) is 7.68. The predicted molar refractivity (Wildman–Crippen MR) is 171 cm³/mol. The lowest BCUT2D eigenvalue weighted by Crippen LogP contribution is -1.90. The zero-order valence-electron chi connectivity index (χ0n) is 21.3. The van der Waals surface area contributed by atoms with Crippen molar-refractivity contribution in [3.63, 3.8) is 0 Å². The Morgan fingerprint density at radius 3 is 1.49 bits per heavy atom. The van der Waals surface area contributed by atoms with E-state index in [0.717, 1.165) is 0 Å². The van der Waals surface area contributed by atoms with Gasteiger partial charge in [0.1, 0.15) is 0 Å². The molecular formula is C38H24S. The fourth-order valence-corrected chi connectivity index (χ4v) is 7.31. The van der Waals surface area contributed by atoms with Crippen LogP contribution >= 0.6 is 11.3 Å². The van der Waals surface area contributed by atoms with E-state index in [4.69, 9.17) is 0 Å². The molecule has 0 atom stereocenters. The highest BCUT2D eigenvalue weighted by molar-refractivity contribution is 7.26. The van der Waals surface area contributed by atoms with E-state index in [1.165, 1.54) is 75.1 Å². The lowest BCUT2D eigenvalue weighted by atomic mass is 9.85. The van der Waals surface area contributed by atoms with Gasteiger partial charge in [-0.05, 0) is 73.1 Å². The SMILES string of the molecule is c1ccc(-c2c3ccccc3c(-c3ccc4sc5cccc(-c6ccccc6)c5c4c3)c3ccccc23)cc1. The van der Waals surface area contributed by atoms with E-state index in [1.54, 1.807) is 0 Å². The van der Waals surface area contributed by atoms with Crippen LogP contribution in [0, 0.1) is 0 Å². The van der Waals surface area contributed by atoms with Gasteiger partial charge in [-0.3, -0.25) is 0 Å². The van der Waals surface area contributed by atoms with Gasteiger partial charge in [-0.1, -0.05) is 127 Å². The topological polar surface area (TPSA) is 0 Å². The van der Waals surface area contributed by atoms with Crippen molar-refractivity contribution in [3.8, 4) is 33.4 Å². The maximum atomic E-state index is 2.43. The molecular weight excluding hydrogens is 488 g/mol. The molecule has 0 aliphatic carbocycles. The zero-order valence-corrected chi connectivity index (χ0v) is 22.1. The number of fused-ring (bicyclic) bond motifs is 5. The molecule has 7 aromatic carbocycles. The third kappa shape index (κ3) is 3.51. The van der Waals surface area contributed by atoms with Gasteiger partial charge in [0, 0.05) is 20.2 Å². The molecule has 0 radical (unpaired) electrons. The quantitative estimate of drug-likeness (QED) is 0.207. The normalized spacial score (nSPS) is 11.6. The van der Waals surface area contributed by atoms with Crippen molar-refractivity contribution in [2.24, 2.45) is 0 Å². The van der Waals surface area contributed by atoms with Crippen LogP contribution < -0.4 is 0 Å². The summed E-state index contributed by atoms with van der Waals surface area (Å²) in [5.74, 6) is 0. The molecule has 1 heterocycles. The number of thiophene rings is 1. The summed E-state index contributed by atoms with van der Waals surface area (Å²) in [5, 5.41) is 7.83. The molecule has 8 aromatic rings. The molecule has 0 spiro atoms. The van der Waals surface area contributed by atoms with Gasteiger partial charge < -0.3 is 0 Å². The molecule has 0 fully saturated rings. The minimum atomic E-state index is 1.25.